The van der Waals surface area contributed by atoms with Gasteiger partial charge < -0.3 is 14.8 Å². The van der Waals surface area contributed by atoms with Crippen LogP contribution >= 0.6 is 11.3 Å². The number of anilines is 1. The van der Waals surface area contributed by atoms with E-state index in [4.69, 9.17) is 4.98 Å². The molecule has 208 valence electrons. The van der Waals surface area contributed by atoms with Crippen molar-refractivity contribution in [1.29, 1.82) is 0 Å². The van der Waals surface area contributed by atoms with Crippen molar-refractivity contribution in [3.8, 4) is 22.6 Å². The smallest absolute Gasteiger partial charge is 0.259 e. The highest BCUT2D eigenvalue weighted by molar-refractivity contribution is 7.10. The molecule has 0 aliphatic carbocycles. The zero-order valence-corrected chi connectivity index (χ0v) is 24.2. The number of aromatic amines is 1. The molecule has 0 spiro atoms. The van der Waals surface area contributed by atoms with Crippen LogP contribution in [0.2, 0.25) is 0 Å². The van der Waals surface area contributed by atoms with Crippen molar-refractivity contribution in [1.82, 2.24) is 19.9 Å². The van der Waals surface area contributed by atoms with Gasteiger partial charge in [0.05, 0.1) is 27.2 Å². The largest absolute Gasteiger partial charge is 0.372 e. The first-order chi connectivity index (χ1) is 20.1. The van der Waals surface area contributed by atoms with Gasteiger partial charge in [0.1, 0.15) is 5.82 Å². The predicted molar refractivity (Wildman–Crippen MR) is 167 cm³/mol. The molecule has 3 aromatic carbocycles. The van der Waals surface area contributed by atoms with Gasteiger partial charge in [-0.05, 0) is 57.0 Å². The molecule has 1 aliphatic heterocycles. The van der Waals surface area contributed by atoms with Gasteiger partial charge in [-0.2, -0.15) is 0 Å². The third kappa shape index (κ3) is 5.39. The summed E-state index contributed by atoms with van der Waals surface area (Å²) in [5, 5.41) is 3.81. The highest BCUT2D eigenvalue weighted by atomic mass is 32.1. The van der Waals surface area contributed by atoms with Crippen LogP contribution in [-0.2, 0) is 0 Å². The maximum absolute atomic E-state index is 13.7. The lowest BCUT2D eigenvalue weighted by Gasteiger charge is -2.31. The minimum atomic E-state index is -0.212. The minimum Gasteiger partial charge on any atom is -0.372 e. The van der Waals surface area contributed by atoms with Crippen LogP contribution in [-0.4, -0.2) is 51.9 Å². The van der Waals surface area contributed by atoms with E-state index in [1.807, 2.05) is 47.4 Å². The van der Waals surface area contributed by atoms with Crippen LogP contribution < -0.4 is 10.5 Å². The summed E-state index contributed by atoms with van der Waals surface area (Å²) in [6, 6.07) is 23.3. The van der Waals surface area contributed by atoms with Crippen LogP contribution in [0.3, 0.4) is 0 Å². The summed E-state index contributed by atoms with van der Waals surface area (Å²) in [6.45, 7) is 7.64. The summed E-state index contributed by atoms with van der Waals surface area (Å²) in [4.78, 5) is 43.1. The quantitative estimate of drug-likeness (QED) is 0.242. The summed E-state index contributed by atoms with van der Waals surface area (Å²) < 4.78 is 0. The molecule has 8 heteroatoms. The molecule has 6 rings (SSSR count). The number of para-hydroxylation sites is 1. The van der Waals surface area contributed by atoms with Crippen molar-refractivity contribution < 1.29 is 4.79 Å². The van der Waals surface area contributed by atoms with E-state index in [0.717, 1.165) is 42.2 Å². The second-order valence-electron chi connectivity index (χ2n) is 10.3. The van der Waals surface area contributed by atoms with Crippen molar-refractivity contribution in [2.24, 2.45) is 0 Å². The lowest BCUT2D eigenvalue weighted by Crippen LogP contribution is -2.38. The average Bonchev–Trinajstić information content (AvgIpc) is 3.52. The molecule has 1 amide bonds. The van der Waals surface area contributed by atoms with E-state index in [0.29, 0.717) is 46.9 Å². The molecule has 0 bridgehead atoms. The number of nitrogens with one attached hydrogen (secondary N) is 1. The zero-order valence-electron chi connectivity index (χ0n) is 23.3. The number of thiazole rings is 1. The number of hydrogen-bond donors (Lipinski definition) is 1. The molecule has 0 saturated carbocycles. The van der Waals surface area contributed by atoms with E-state index in [1.54, 1.807) is 17.4 Å². The van der Waals surface area contributed by atoms with E-state index in [9.17, 15) is 9.59 Å². The van der Waals surface area contributed by atoms with Crippen molar-refractivity contribution in [3.63, 3.8) is 0 Å². The molecular formula is C33H33N5O2S. The minimum absolute atomic E-state index is 0.0389. The number of piperidine rings is 1. The van der Waals surface area contributed by atoms with Gasteiger partial charge in [-0.1, -0.05) is 42.5 Å². The number of aromatic nitrogens is 3. The topological polar surface area (TPSA) is 82.2 Å². The Balaban J connectivity index is 1.15. The number of fused-ring (bicyclic) bond motifs is 1. The summed E-state index contributed by atoms with van der Waals surface area (Å²) >= 11 is 1.71. The first-order valence-corrected chi connectivity index (χ1v) is 15.1. The molecule has 2 aromatic heterocycles. The monoisotopic (exact) mass is 563 g/mol. The molecule has 1 N–H and O–H groups in total. The van der Waals surface area contributed by atoms with Crippen LogP contribution in [0.5, 0.6) is 0 Å². The van der Waals surface area contributed by atoms with Gasteiger partial charge in [0, 0.05) is 54.3 Å². The number of rotatable bonds is 7. The average molecular weight is 564 g/mol. The fourth-order valence-corrected chi connectivity index (χ4v) is 6.63. The van der Waals surface area contributed by atoms with E-state index in [1.165, 1.54) is 5.69 Å². The number of amides is 1. The van der Waals surface area contributed by atoms with Crippen LogP contribution in [0.15, 0.2) is 83.0 Å². The lowest BCUT2D eigenvalue weighted by molar-refractivity contribution is 0.0713. The summed E-state index contributed by atoms with van der Waals surface area (Å²) in [5.74, 6) is 0.706. The molecule has 0 unspecified atom stereocenters. The van der Waals surface area contributed by atoms with Gasteiger partial charge >= 0.3 is 0 Å². The Hall–Kier alpha value is -4.30. The Morgan fingerprint density at radius 2 is 1.66 bits per heavy atom. The van der Waals surface area contributed by atoms with E-state index >= 15 is 0 Å². The Kier molecular flexibility index (Phi) is 7.65. The van der Waals surface area contributed by atoms with Crippen LogP contribution in [0.25, 0.3) is 33.5 Å². The molecule has 0 radical (unpaired) electrons. The standard InChI is InChI=1S/C33H33N5O2S/c1-3-37(4-2)24-15-13-22(14-16-24)29-21-41-32(35-29)23-17-19-38(20-18-23)33(40)26-10-6-5-9-25(26)30-34-28-12-8-7-11-27(28)31(39)36-30/h5-16,21,23H,3-4,17-20H2,1-2H3,(H,34,36,39). The number of nitrogens with zero attached hydrogens (tertiary/aromatic N) is 4. The molecule has 41 heavy (non-hydrogen) atoms. The van der Waals surface area contributed by atoms with Crippen molar-refractivity contribution in [2.45, 2.75) is 32.6 Å². The molecule has 5 aromatic rings. The van der Waals surface area contributed by atoms with Gasteiger partial charge in [0.15, 0.2) is 0 Å². The summed E-state index contributed by atoms with van der Waals surface area (Å²) in [5.41, 5.74) is 4.96. The fourth-order valence-electron chi connectivity index (χ4n) is 5.63. The molecule has 7 nitrogen and oxygen atoms in total. The van der Waals surface area contributed by atoms with Crippen molar-refractivity contribution >= 4 is 33.8 Å². The Morgan fingerprint density at radius 3 is 2.41 bits per heavy atom. The van der Waals surface area contributed by atoms with Crippen molar-refractivity contribution in [3.05, 3.63) is 99.1 Å². The van der Waals surface area contributed by atoms with Crippen molar-refractivity contribution in [2.75, 3.05) is 31.1 Å². The number of carbonyl (C=O) groups is 1. The zero-order chi connectivity index (χ0) is 28.3. The molecule has 1 fully saturated rings. The molecule has 0 atom stereocenters. The number of H-pyrrole nitrogens is 1. The summed E-state index contributed by atoms with van der Waals surface area (Å²) in [7, 11) is 0. The Labute approximate surface area is 243 Å². The third-order valence-electron chi connectivity index (χ3n) is 7.97. The second kappa shape index (κ2) is 11.7. The van der Waals surface area contributed by atoms with E-state index in [2.05, 4.69) is 58.4 Å². The number of hydrogen-bond acceptors (Lipinski definition) is 6. The number of carbonyl (C=O) groups excluding carboxylic acids is 1. The van der Waals surface area contributed by atoms with Crippen LogP contribution in [0.4, 0.5) is 5.69 Å². The molecule has 3 heterocycles. The van der Waals surface area contributed by atoms with E-state index < -0.39 is 0 Å². The number of likely N-dealkylation sites (tertiary alicyclic amines) is 1. The Morgan fingerprint density at radius 1 is 0.951 bits per heavy atom. The second-order valence-corrected chi connectivity index (χ2v) is 11.2. The van der Waals surface area contributed by atoms with Gasteiger partial charge in [0.2, 0.25) is 0 Å². The maximum atomic E-state index is 13.7. The molecular weight excluding hydrogens is 530 g/mol. The SMILES string of the molecule is CCN(CC)c1ccc(-c2csc(C3CCN(C(=O)c4ccccc4-c4nc5ccccc5c(=O)[nH]4)CC3)n2)cc1. The Bertz CT molecular complexity index is 1730. The third-order valence-corrected chi connectivity index (χ3v) is 8.98. The predicted octanol–water partition coefficient (Wildman–Crippen LogP) is 6.58. The van der Waals surface area contributed by atoms with Gasteiger partial charge in [-0.25, -0.2) is 9.97 Å². The highest BCUT2D eigenvalue weighted by Gasteiger charge is 2.28. The fraction of sp³-hybridized carbons (Fsp3) is 0.273. The van der Waals surface area contributed by atoms with Crippen LogP contribution in [0, 0.1) is 0 Å². The first-order valence-electron chi connectivity index (χ1n) is 14.2. The normalized spacial score (nSPS) is 14.0. The van der Waals surface area contributed by atoms with E-state index in [-0.39, 0.29) is 11.5 Å². The van der Waals surface area contributed by atoms with Gasteiger partial charge in [-0.3, -0.25) is 9.59 Å². The maximum Gasteiger partial charge on any atom is 0.259 e. The van der Waals surface area contributed by atoms with Gasteiger partial charge in [-0.15, -0.1) is 11.3 Å². The number of benzene rings is 3. The van der Waals surface area contributed by atoms with Gasteiger partial charge in [0.25, 0.3) is 11.5 Å². The summed E-state index contributed by atoms with van der Waals surface area (Å²) in [6.07, 6.45) is 1.74. The lowest BCUT2D eigenvalue weighted by atomic mass is 9.96. The highest BCUT2D eigenvalue weighted by Crippen LogP contribution is 2.34. The van der Waals surface area contributed by atoms with Crippen LogP contribution in [0.1, 0.15) is 48.0 Å². The first kappa shape index (κ1) is 26.9. The molecule has 1 saturated heterocycles. The molecule has 1 aliphatic rings.